The van der Waals surface area contributed by atoms with Crippen LogP contribution in [0.5, 0.6) is 0 Å². The van der Waals surface area contributed by atoms with Crippen LogP contribution in [0.3, 0.4) is 0 Å². The Morgan fingerprint density at radius 2 is 1.35 bits per heavy atom. The van der Waals surface area contributed by atoms with Gasteiger partial charge in [0.05, 0.1) is 12.8 Å². The van der Waals surface area contributed by atoms with Gasteiger partial charge in [-0.15, -0.1) is 0 Å². The number of hydrogen-bond donors (Lipinski definition) is 2. The predicted molar refractivity (Wildman–Crippen MR) is 97.2 cm³/mol. The maximum Gasteiger partial charge on any atom is 0.304 e. The van der Waals surface area contributed by atoms with Crippen LogP contribution in [0.1, 0.15) is 90.4 Å². The van der Waals surface area contributed by atoms with E-state index in [1.54, 1.807) is 0 Å². The minimum absolute atomic E-state index is 0.0564. The second-order valence-electron chi connectivity index (χ2n) is 6.21. The SMILES string of the molecule is CCCCCCCCCCCCC(CC(=O)O)SCCC(=O)O. The van der Waals surface area contributed by atoms with Crippen LogP contribution in [0.4, 0.5) is 0 Å². The van der Waals surface area contributed by atoms with Crippen LogP contribution in [-0.4, -0.2) is 33.2 Å². The molecule has 0 radical (unpaired) electrons. The Labute approximate surface area is 145 Å². The summed E-state index contributed by atoms with van der Waals surface area (Å²) in [7, 11) is 0. The number of rotatable bonds is 17. The van der Waals surface area contributed by atoms with E-state index >= 15 is 0 Å². The molecule has 0 aromatic carbocycles. The van der Waals surface area contributed by atoms with E-state index in [0.717, 1.165) is 19.3 Å². The summed E-state index contributed by atoms with van der Waals surface area (Å²) in [5.74, 6) is -1.10. The van der Waals surface area contributed by atoms with E-state index < -0.39 is 11.9 Å². The fourth-order valence-electron chi connectivity index (χ4n) is 2.61. The maximum atomic E-state index is 10.9. The molecule has 0 saturated heterocycles. The van der Waals surface area contributed by atoms with Gasteiger partial charge >= 0.3 is 11.9 Å². The molecule has 1 unspecified atom stereocenters. The summed E-state index contributed by atoms with van der Waals surface area (Å²) >= 11 is 1.50. The summed E-state index contributed by atoms with van der Waals surface area (Å²) in [5.41, 5.74) is 0. The van der Waals surface area contributed by atoms with Crippen LogP contribution in [-0.2, 0) is 9.59 Å². The summed E-state index contributed by atoms with van der Waals surface area (Å²) in [6.07, 6.45) is 13.9. The second-order valence-corrected chi connectivity index (χ2v) is 7.61. The number of carboxylic acid groups (broad SMARTS) is 2. The standard InChI is InChI=1S/C18H34O4S/c1-2-3-4-5-6-7-8-9-10-11-12-16(15-18(21)22)23-14-13-17(19)20/h16H,2-15H2,1H3,(H,19,20)(H,21,22). The van der Waals surface area contributed by atoms with Crippen LogP contribution in [0, 0.1) is 0 Å². The first kappa shape index (κ1) is 22.3. The van der Waals surface area contributed by atoms with Crippen LogP contribution in [0.25, 0.3) is 0 Å². The van der Waals surface area contributed by atoms with E-state index in [4.69, 9.17) is 10.2 Å². The average Bonchev–Trinajstić information content (AvgIpc) is 2.48. The molecule has 0 aromatic rings. The summed E-state index contributed by atoms with van der Waals surface area (Å²) in [6, 6.07) is 0. The molecular weight excluding hydrogens is 312 g/mol. The molecule has 0 aliphatic heterocycles. The van der Waals surface area contributed by atoms with E-state index in [0.29, 0.717) is 5.75 Å². The highest BCUT2D eigenvalue weighted by molar-refractivity contribution is 7.99. The number of carboxylic acids is 2. The van der Waals surface area contributed by atoms with Crippen LogP contribution in [0.15, 0.2) is 0 Å². The second kappa shape index (κ2) is 16.2. The van der Waals surface area contributed by atoms with E-state index in [-0.39, 0.29) is 18.1 Å². The highest BCUT2D eigenvalue weighted by atomic mass is 32.2. The highest BCUT2D eigenvalue weighted by Crippen LogP contribution is 2.22. The van der Waals surface area contributed by atoms with Crippen LogP contribution < -0.4 is 0 Å². The lowest BCUT2D eigenvalue weighted by Crippen LogP contribution is -2.11. The van der Waals surface area contributed by atoms with Crippen molar-refractivity contribution in [2.45, 2.75) is 95.6 Å². The zero-order chi connectivity index (χ0) is 17.3. The Balaban J connectivity index is 3.57. The van der Waals surface area contributed by atoms with Crippen molar-refractivity contribution in [2.75, 3.05) is 5.75 Å². The van der Waals surface area contributed by atoms with Crippen molar-refractivity contribution >= 4 is 23.7 Å². The molecule has 0 fully saturated rings. The molecule has 0 aromatic heterocycles. The van der Waals surface area contributed by atoms with Crippen molar-refractivity contribution in [3.63, 3.8) is 0 Å². The van der Waals surface area contributed by atoms with E-state index in [1.165, 1.54) is 63.1 Å². The third kappa shape index (κ3) is 17.5. The third-order valence-corrected chi connectivity index (χ3v) is 5.27. The molecule has 0 spiro atoms. The molecule has 0 saturated carbocycles. The lowest BCUT2D eigenvalue weighted by atomic mass is 10.0. The lowest BCUT2D eigenvalue weighted by Gasteiger charge is -2.13. The molecule has 136 valence electrons. The van der Waals surface area contributed by atoms with Crippen LogP contribution in [0.2, 0.25) is 0 Å². The molecule has 2 N–H and O–H groups in total. The van der Waals surface area contributed by atoms with E-state index in [1.807, 2.05) is 0 Å². The molecule has 0 aliphatic rings. The quantitative estimate of drug-likeness (QED) is 0.347. The van der Waals surface area contributed by atoms with Crippen molar-refractivity contribution in [2.24, 2.45) is 0 Å². The van der Waals surface area contributed by atoms with Gasteiger partial charge in [-0.1, -0.05) is 71.1 Å². The molecule has 1 atom stereocenters. The van der Waals surface area contributed by atoms with Crippen molar-refractivity contribution in [1.29, 1.82) is 0 Å². The minimum atomic E-state index is -0.814. The number of thioether (sulfide) groups is 1. The van der Waals surface area contributed by atoms with Crippen molar-refractivity contribution in [3.05, 3.63) is 0 Å². The summed E-state index contributed by atoms with van der Waals surface area (Å²) in [4.78, 5) is 21.4. The molecule has 0 amide bonds. The number of unbranched alkanes of at least 4 members (excludes halogenated alkanes) is 9. The minimum Gasteiger partial charge on any atom is -0.481 e. The largest absolute Gasteiger partial charge is 0.481 e. The lowest BCUT2D eigenvalue weighted by molar-refractivity contribution is -0.137. The van der Waals surface area contributed by atoms with Crippen molar-refractivity contribution in [3.8, 4) is 0 Å². The number of carbonyl (C=O) groups is 2. The van der Waals surface area contributed by atoms with Gasteiger partial charge in [0.1, 0.15) is 0 Å². The van der Waals surface area contributed by atoms with Crippen LogP contribution >= 0.6 is 11.8 Å². The maximum absolute atomic E-state index is 10.9. The van der Waals surface area contributed by atoms with E-state index in [9.17, 15) is 9.59 Å². The number of hydrogen-bond acceptors (Lipinski definition) is 3. The fourth-order valence-corrected chi connectivity index (χ4v) is 3.83. The topological polar surface area (TPSA) is 74.6 Å². The molecule has 4 nitrogen and oxygen atoms in total. The molecular formula is C18H34O4S. The first-order chi connectivity index (χ1) is 11.1. The van der Waals surface area contributed by atoms with E-state index in [2.05, 4.69) is 6.92 Å². The zero-order valence-corrected chi connectivity index (χ0v) is 15.4. The monoisotopic (exact) mass is 346 g/mol. The van der Waals surface area contributed by atoms with Gasteiger partial charge < -0.3 is 10.2 Å². The average molecular weight is 347 g/mol. The first-order valence-electron chi connectivity index (χ1n) is 9.11. The zero-order valence-electron chi connectivity index (χ0n) is 14.6. The molecule has 0 bridgehead atoms. The first-order valence-corrected chi connectivity index (χ1v) is 10.2. The van der Waals surface area contributed by atoms with Gasteiger partial charge in [-0.25, -0.2) is 0 Å². The summed E-state index contributed by atoms with van der Waals surface area (Å²) in [6.45, 7) is 2.23. The highest BCUT2D eigenvalue weighted by Gasteiger charge is 2.14. The third-order valence-electron chi connectivity index (χ3n) is 3.95. The molecule has 5 heteroatoms. The van der Waals surface area contributed by atoms with Gasteiger partial charge in [-0.05, 0) is 6.42 Å². The van der Waals surface area contributed by atoms with Gasteiger partial charge in [0.2, 0.25) is 0 Å². The predicted octanol–water partition coefficient (Wildman–Crippen LogP) is 5.35. The molecule has 0 heterocycles. The Bertz CT molecular complexity index is 307. The molecule has 0 aliphatic carbocycles. The van der Waals surface area contributed by atoms with Crippen molar-refractivity contribution < 1.29 is 19.8 Å². The Kier molecular flexibility index (Phi) is 15.7. The smallest absolute Gasteiger partial charge is 0.304 e. The summed E-state index contributed by atoms with van der Waals surface area (Å²) < 4.78 is 0. The van der Waals surface area contributed by atoms with Gasteiger partial charge in [0.15, 0.2) is 0 Å². The van der Waals surface area contributed by atoms with Crippen molar-refractivity contribution in [1.82, 2.24) is 0 Å². The molecule has 0 rings (SSSR count). The Hall–Kier alpha value is -0.710. The van der Waals surface area contributed by atoms with Gasteiger partial charge in [-0.3, -0.25) is 9.59 Å². The Morgan fingerprint density at radius 1 is 0.826 bits per heavy atom. The molecule has 23 heavy (non-hydrogen) atoms. The van der Waals surface area contributed by atoms with Gasteiger partial charge in [0.25, 0.3) is 0 Å². The number of aliphatic carboxylic acids is 2. The Morgan fingerprint density at radius 3 is 1.83 bits per heavy atom. The van der Waals surface area contributed by atoms with Gasteiger partial charge in [-0.2, -0.15) is 11.8 Å². The summed E-state index contributed by atoms with van der Waals surface area (Å²) in [5, 5.41) is 17.6. The van der Waals surface area contributed by atoms with Gasteiger partial charge in [0, 0.05) is 11.0 Å². The normalized spacial score (nSPS) is 12.2. The fraction of sp³-hybridized carbons (Fsp3) is 0.889.